The summed E-state index contributed by atoms with van der Waals surface area (Å²) in [6, 6.07) is 6.01. The number of aromatic nitrogens is 1. The van der Waals surface area contributed by atoms with E-state index >= 15 is 0 Å². The number of benzene rings is 1. The maximum Gasteiger partial charge on any atom is 0.275 e. The molecule has 1 heterocycles. The highest BCUT2D eigenvalue weighted by Gasteiger charge is 2.15. The molecule has 4 nitrogen and oxygen atoms in total. The fraction of sp³-hybridized carbons (Fsp3) is 0.286. The molecule has 5 heteroatoms. The zero-order chi connectivity index (χ0) is 14.0. The monoisotopic (exact) mass is 275 g/mol. The van der Waals surface area contributed by atoms with Gasteiger partial charge < -0.3 is 11.1 Å². The summed E-state index contributed by atoms with van der Waals surface area (Å²) in [6.07, 6.45) is 0. The first-order chi connectivity index (χ1) is 8.99. The Balaban J connectivity index is 2.31. The number of nitrogens with zero attached hydrogens (tertiary/aromatic N) is 1. The second-order valence-corrected chi connectivity index (χ2v) is 5.61. The van der Waals surface area contributed by atoms with Crippen molar-refractivity contribution in [1.29, 1.82) is 0 Å². The number of amides is 1. The molecule has 0 radical (unpaired) electrons. The van der Waals surface area contributed by atoms with E-state index in [2.05, 4.69) is 24.1 Å². The van der Waals surface area contributed by atoms with Crippen LogP contribution < -0.4 is 11.1 Å². The number of aryl methyl sites for hydroxylation is 1. The molecule has 2 rings (SSSR count). The molecule has 0 saturated heterocycles. The summed E-state index contributed by atoms with van der Waals surface area (Å²) in [5.41, 5.74) is 8.94. The molecule has 1 aromatic carbocycles. The van der Waals surface area contributed by atoms with Crippen molar-refractivity contribution in [1.82, 2.24) is 4.98 Å². The van der Waals surface area contributed by atoms with Gasteiger partial charge in [0.1, 0.15) is 5.69 Å². The van der Waals surface area contributed by atoms with Crippen LogP contribution in [0.1, 0.15) is 41.4 Å². The van der Waals surface area contributed by atoms with Gasteiger partial charge in [-0.15, -0.1) is 11.3 Å². The van der Waals surface area contributed by atoms with Gasteiger partial charge in [0.2, 0.25) is 0 Å². The average molecular weight is 275 g/mol. The van der Waals surface area contributed by atoms with E-state index in [1.807, 2.05) is 25.1 Å². The van der Waals surface area contributed by atoms with Gasteiger partial charge in [0.25, 0.3) is 5.91 Å². The fourth-order valence-electron chi connectivity index (χ4n) is 1.91. The molecule has 0 aliphatic heterocycles. The first-order valence-corrected chi connectivity index (χ1v) is 6.99. The minimum atomic E-state index is -0.218. The highest BCUT2D eigenvalue weighted by Crippen LogP contribution is 2.28. The summed E-state index contributed by atoms with van der Waals surface area (Å²) < 4.78 is 0. The molecule has 0 fully saturated rings. The molecule has 1 amide bonds. The van der Waals surface area contributed by atoms with E-state index in [0.29, 0.717) is 16.7 Å². The summed E-state index contributed by atoms with van der Waals surface area (Å²) in [6.45, 7) is 6.19. The van der Waals surface area contributed by atoms with Gasteiger partial charge >= 0.3 is 0 Å². The number of anilines is 2. The number of nitrogens with one attached hydrogen (secondary N) is 1. The van der Waals surface area contributed by atoms with Gasteiger partial charge in [-0.1, -0.05) is 32.0 Å². The van der Waals surface area contributed by atoms with E-state index in [-0.39, 0.29) is 5.91 Å². The second kappa shape index (κ2) is 5.40. The molecule has 0 atom stereocenters. The number of para-hydroxylation sites is 1. The predicted molar refractivity (Wildman–Crippen MR) is 79.7 cm³/mol. The van der Waals surface area contributed by atoms with Crippen molar-refractivity contribution in [2.45, 2.75) is 26.7 Å². The number of thiazole rings is 1. The Labute approximate surface area is 116 Å². The third-order valence-electron chi connectivity index (χ3n) is 2.92. The standard InChI is InChI=1S/C14H17N3OS/c1-8(2)10-6-4-5-9(3)12(10)17-13(18)11-7-19-14(15)16-11/h4-8H,1-3H3,(H2,15,16)(H,17,18). The normalized spacial score (nSPS) is 10.7. The van der Waals surface area contributed by atoms with Crippen LogP contribution >= 0.6 is 11.3 Å². The van der Waals surface area contributed by atoms with E-state index in [9.17, 15) is 4.79 Å². The zero-order valence-electron chi connectivity index (χ0n) is 11.2. The molecule has 0 bridgehead atoms. The molecule has 19 heavy (non-hydrogen) atoms. The average Bonchev–Trinajstić information content (AvgIpc) is 2.78. The van der Waals surface area contributed by atoms with Crippen LogP contribution in [0.15, 0.2) is 23.6 Å². The van der Waals surface area contributed by atoms with E-state index < -0.39 is 0 Å². The number of nitrogens with two attached hydrogens (primary N) is 1. The molecule has 0 unspecified atom stereocenters. The highest BCUT2D eigenvalue weighted by atomic mass is 32.1. The Morgan fingerprint density at radius 3 is 2.74 bits per heavy atom. The van der Waals surface area contributed by atoms with E-state index in [1.54, 1.807) is 5.38 Å². The fourth-order valence-corrected chi connectivity index (χ4v) is 2.45. The van der Waals surface area contributed by atoms with E-state index in [4.69, 9.17) is 5.73 Å². The number of rotatable bonds is 3. The zero-order valence-corrected chi connectivity index (χ0v) is 12.0. The van der Waals surface area contributed by atoms with Crippen LogP contribution in [-0.2, 0) is 0 Å². The summed E-state index contributed by atoms with van der Waals surface area (Å²) in [5, 5.41) is 5.01. The Kier molecular flexibility index (Phi) is 3.85. The van der Waals surface area contributed by atoms with Crippen molar-refractivity contribution in [3.05, 3.63) is 40.4 Å². The van der Waals surface area contributed by atoms with E-state index in [1.165, 1.54) is 11.3 Å². The lowest BCUT2D eigenvalue weighted by Crippen LogP contribution is -2.15. The van der Waals surface area contributed by atoms with Crippen molar-refractivity contribution in [2.75, 3.05) is 11.1 Å². The molecular weight excluding hydrogens is 258 g/mol. The molecule has 0 spiro atoms. The summed E-state index contributed by atoms with van der Waals surface area (Å²) in [4.78, 5) is 16.1. The molecule has 1 aromatic heterocycles. The predicted octanol–water partition coefficient (Wildman–Crippen LogP) is 3.41. The second-order valence-electron chi connectivity index (χ2n) is 4.72. The molecule has 0 saturated carbocycles. The van der Waals surface area contributed by atoms with Gasteiger partial charge in [-0.2, -0.15) is 0 Å². The number of nitrogen functional groups attached to an aromatic ring is 1. The Bertz CT molecular complexity index is 604. The summed E-state index contributed by atoms with van der Waals surface area (Å²) in [5.74, 6) is 0.125. The maximum atomic E-state index is 12.1. The maximum absolute atomic E-state index is 12.1. The Morgan fingerprint density at radius 2 is 2.16 bits per heavy atom. The smallest absolute Gasteiger partial charge is 0.275 e. The lowest BCUT2D eigenvalue weighted by Gasteiger charge is -2.15. The molecule has 0 aliphatic carbocycles. The number of carbonyl (C=O) groups is 1. The van der Waals surface area contributed by atoms with Crippen LogP contribution in [0.4, 0.5) is 10.8 Å². The number of hydrogen-bond acceptors (Lipinski definition) is 4. The third-order valence-corrected chi connectivity index (χ3v) is 3.59. The van der Waals surface area contributed by atoms with Crippen molar-refractivity contribution in [3.8, 4) is 0 Å². The van der Waals surface area contributed by atoms with Gasteiger partial charge in [0, 0.05) is 11.1 Å². The topological polar surface area (TPSA) is 68.0 Å². The van der Waals surface area contributed by atoms with Crippen molar-refractivity contribution in [2.24, 2.45) is 0 Å². The van der Waals surface area contributed by atoms with Crippen LogP contribution in [0.3, 0.4) is 0 Å². The Hall–Kier alpha value is -1.88. The quantitative estimate of drug-likeness (QED) is 0.902. The third kappa shape index (κ3) is 2.93. The van der Waals surface area contributed by atoms with Crippen LogP contribution in [-0.4, -0.2) is 10.9 Å². The van der Waals surface area contributed by atoms with Gasteiger partial charge in [-0.05, 0) is 24.0 Å². The summed E-state index contributed by atoms with van der Waals surface area (Å²) >= 11 is 1.26. The van der Waals surface area contributed by atoms with Crippen LogP contribution in [0.5, 0.6) is 0 Å². The van der Waals surface area contributed by atoms with Crippen molar-refractivity contribution in [3.63, 3.8) is 0 Å². The van der Waals surface area contributed by atoms with Gasteiger partial charge in [-0.25, -0.2) is 4.98 Å². The molecular formula is C14H17N3OS. The van der Waals surface area contributed by atoms with Crippen LogP contribution in [0.25, 0.3) is 0 Å². The minimum Gasteiger partial charge on any atom is -0.375 e. The first-order valence-electron chi connectivity index (χ1n) is 6.11. The van der Waals surface area contributed by atoms with Crippen LogP contribution in [0.2, 0.25) is 0 Å². The van der Waals surface area contributed by atoms with Gasteiger partial charge in [0.15, 0.2) is 5.13 Å². The van der Waals surface area contributed by atoms with Gasteiger partial charge in [0.05, 0.1) is 0 Å². The minimum absolute atomic E-state index is 0.218. The largest absolute Gasteiger partial charge is 0.375 e. The number of carbonyl (C=O) groups excluding carboxylic acids is 1. The lowest BCUT2D eigenvalue weighted by atomic mass is 9.98. The van der Waals surface area contributed by atoms with Gasteiger partial charge in [-0.3, -0.25) is 4.79 Å². The molecule has 3 N–H and O–H groups in total. The molecule has 2 aromatic rings. The number of hydrogen-bond donors (Lipinski definition) is 2. The van der Waals surface area contributed by atoms with Crippen LogP contribution in [0, 0.1) is 6.92 Å². The summed E-state index contributed by atoms with van der Waals surface area (Å²) in [7, 11) is 0. The Morgan fingerprint density at radius 1 is 1.42 bits per heavy atom. The SMILES string of the molecule is Cc1cccc(C(C)C)c1NC(=O)c1csc(N)n1. The van der Waals surface area contributed by atoms with Crippen molar-refractivity contribution >= 4 is 28.1 Å². The molecule has 100 valence electrons. The lowest BCUT2D eigenvalue weighted by molar-refractivity contribution is 0.102. The first kappa shape index (κ1) is 13.5. The van der Waals surface area contributed by atoms with E-state index in [0.717, 1.165) is 16.8 Å². The van der Waals surface area contributed by atoms with Crippen molar-refractivity contribution < 1.29 is 4.79 Å². The highest BCUT2D eigenvalue weighted by molar-refractivity contribution is 7.13. The molecule has 0 aliphatic rings.